The van der Waals surface area contributed by atoms with Crippen LogP contribution in [0.4, 0.5) is 0 Å². The number of carboxylic acid groups (broad SMARTS) is 2. The Balaban J connectivity index is 0. The standard InChI is InChI=1S/C5H6O4.Cu/c1-3(5(8)9)2-4(6)7;/h1-2H2,(H,6,7)(H,8,9);. The van der Waals surface area contributed by atoms with Gasteiger partial charge >= 0.3 is 11.9 Å². The number of rotatable bonds is 3. The van der Waals surface area contributed by atoms with Crippen LogP contribution in [0.15, 0.2) is 12.2 Å². The first kappa shape index (κ1) is 11.9. The third kappa shape index (κ3) is 5.34. The van der Waals surface area contributed by atoms with Crippen LogP contribution in [0.3, 0.4) is 0 Å². The van der Waals surface area contributed by atoms with Crippen LogP contribution < -0.4 is 0 Å². The van der Waals surface area contributed by atoms with E-state index in [-0.39, 0.29) is 22.6 Å². The molecular formula is C5H6CuO4. The molecule has 0 atom stereocenters. The van der Waals surface area contributed by atoms with E-state index in [1.54, 1.807) is 0 Å². The van der Waals surface area contributed by atoms with Crippen LogP contribution in [-0.2, 0) is 26.7 Å². The number of aliphatic carboxylic acids is 2. The summed E-state index contributed by atoms with van der Waals surface area (Å²) in [5, 5.41) is 16.1. The summed E-state index contributed by atoms with van der Waals surface area (Å²) < 4.78 is 0. The largest absolute Gasteiger partial charge is 0.481 e. The smallest absolute Gasteiger partial charge is 0.331 e. The second-order valence-corrected chi connectivity index (χ2v) is 1.48. The van der Waals surface area contributed by atoms with Crippen molar-refractivity contribution in [1.82, 2.24) is 0 Å². The molecule has 0 amide bonds. The molecule has 0 unspecified atom stereocenters. The van der Waals surface area contributed by atoms with Crippen molar-refractivity contribution >= 4 is 11.9 Å². The molecule has 1 radical (unpaired) electrons. The Kier molecular flexibility index (Phi) is 5.99. The zero-order valence-electron chi connectivity index (χ0n) is 4.93. The number of hydrogen-bond donors (Lipinski definition) is 2. The molecule has 0 saturated heterocycles. The van der Waals surface area contributed by atoms with Gasteiger partial charge in [0.05, 0.1) is 6.42 Å². The van der Waals surface area contributed by atoms with Crippen LogP contribution in [0, 0.1) is 0 Å². The first-order valence-electron chi connectivity index (χ1n) is 2.17. The summed E-state index contributed by atoms with van der Waals surface area (Å²) >= 11 is 0. The molecule has 0 saturated carbocycles. The summed E-state index contributed by atoms with van der Waals surface area (Å²) in [4.78, 5) is 19.7. The van der Waals surface area contributed by atoms with Gasteiger partial charge in [-0.2, -0.15) is 0 Å². The van der Waals surface area contributed by atoms with Gasteiger partial charge in [-0.05, 0) is 0 Å². The molecule has 0 aromatic carbocycles. The molecule has 0 heterocycles. The van der Waals surface area contributed by atoms with E-state index in [0.29, 0.717) is 0 Å². The first-order chi connectivity index (χ1) is 4.04. The molecule has 2 N–H and O–H groups in total. The fourth-order valence-electron chi connectivity index (χ4n) is 0.258. The zero-order valence-corrected chi connectivity index (χ0v) is 5.87. The van der Waals surface area contributed by atoms with E-state index >= 15 is 0 Å². The third-order valence-corrected chi connectivity index (χ3v) is 0.667. The second kappa shape index (κ2) is 5.02. The van der Waals surface area contributed by atoms with E-state index in [4.69, 9.17) is 10.2 Å². The first-order valence-corrected chi connectivity index (χ1v) is 2.17. The average Bonchev–Trinajstić information content (AvgIpc) is 1.63. The van der Waals surface area contributed by atoms with Gasteiger partial charge in [0.1, 0.15) is 0 Å². The molecule has 4 nitrogen and oxygen atoms in total. The van der Waals surface area contributed by atoms with Gasteiger partial charge in [0.25, 0.3) is 0 Å². The zero-order chi connectivity index (χ0) is 7.44. The summed E-state index contributed by atoms with van der Waals surface area (Å²) in [5.74, 6) is -2.44. The van der Waals surface area contributed by atoms with Crippen LogP contribution in [0.1, 0.15) is 6.42 Å². The van der Waals surface area contributed by atoms with E-state index in [1.165, 1.54) is 0 Å². The Morgan fingerprint density at radius 3 is 1.80 bits per heavy atom. The van der Waals surface area contributed by atoms with Crippen LogP contribution in [-0.4, -0.2) is 22.2 Å². The van der Waals surface area contributed by atoms with Gasteiger partial charge in [-0.3, -0.25) is 4.79 Å². The fourth-order valence-corrected chi connectivity index (χ4v) is 0.258. The van der Waals surface area contributed by atoms with Crippen molar-refractivity contribution in [2.45, 2.75) is 6.42 Å². The minimum Gasteiger partial charge on any atom is -0.481 e. The summed E-state index contributed by atoms with van der Waals surface area (Å²) in [6, 6.07) is 0. The van der Waals surface area contributed by atoms with E-state index in [2.05, 4.69) is 6.58 Å². The minimum absolute atomic E-state index is 0. The van der Waals surface area contributed by atoms with Crippen molar-refractivity contribution in [1.29, 1.82) is 0 Å². The predicted molar refractivity (Wildman–Crippen MR) is 29.0 cm³/mol. The molecule has 0 aromatic heterocycles. The summed E-state index contributed by atoms with van der Waals surface area (Å²) in [7, 11) is 0. The molecule has 5 heteroatoms. The molecule has 0 bridgehead atoms. The van der Waals surface area contributed by atoms with Crippen LogP contribution in [0.25, 0.3) is 0 Å². The maximum atomic E-state index is 9.87. The Hall–Kier alpha value is -0.801. The molecule has 0 aliphatic carbocycles. The number of carbonyl (C=O) groups is 2. The van der Waals surface area contributed by atoms with Gasteiger partial charge in [0.15, 0.2) is 0 Å². The quantitative estimate of drug-likeness (QED) is 0.493. The molecule has 0 fully saturated rings. The SMILES string of the molecule is C=C(CC(=O)O)C(=O)O.[Cu]. The van der Waals surface area contributed by atoms with Gasteiger partial charge in [-0.25, -0.2) is 4.79 Å². The number of carboxylic acids is 2. The molecule has 0 aliphatic heterocycles. The van der Waals surface area contributed by atoms with Gasteiger partial charge in [-0.15, -0.1) is 0 Å². The van der Waals surface area contributed by atoms with Crippen molar-refractivity contribution in [3.8, 4) is 0 Å². The molecular weight excluding hydrogens is 188 g/mol. The molecule has 61 valence electrons. The van der Waals surface area contributed by atoms with Crippen molar-refractivity contribution < 1.29 is 36.9 Å². The van der Waals surface area contributed by atoms with Crippen LogP contribution >= 0.6 is 0 Å². The number of hydrogen-bond acceptors (Lipinski definition) is 2. The fraction of sp³-hybridized carbons (Fsp3) is 0.200. The van der Waals surface area contributed by atoms with Gasteiger partial charge in [0.2, 0.25) is 0 Å². The van der Waals surface area contributed by atoms with Crippen molar-refractivity contribution in [3.05, 3.63) is 12.2 Å². The monoisotopic (exact) mass is 193 g/mol. The minimum atomic E-state index is -1.27. The molecule has 10 heavy (non-hydrogen) atoms. The maximum absolute atomic E-state index is 9.87. The van der Waals surface area contributed by atoms with Gasteiger partial charge in [0, 0.05) is 22.6 Å². The van der Waals surface area contributed by atoms with Crippen molar-refractivity contribution in [2.75, 3.05) is 0 Å². The predicted octanol–water partition coefficient (Wildman–Crippen LogP) is 0.0994. The second-order valence-electron chi connectivity index (χ2n) is 1.48. The van der Waals surface area contributed by atoms with Crippen molar-refractivity contribution in [2.24, 2.45) is 0 Å². The van der Waals surface area contributed by atoms with E-state index in [1.807, 2.05) is 0 Å². The van der Waals surface area contributed by atoms with Crippen LogP contribution in [0.5, 0.6) is 0 Å². The Morgan fingerprint density at radius 1 is 1.30 bits per heavy atom. The Labute approximate surface area is 68.0 Å². The van der Waals surface area contributed by atoms with Gasteiger partial charge in [-0.1, -0.05) is 6.58 Å². The van der Waals surface area contributed by atoms with E-state index < -0.39 is 18.4 Å². The van der Waals surface area contributed by atoms with E-state index in [0.717, 1.165) is 0 Å². The summed E-state index contributed by atoms with van der Waals surface area (Å²) in [6.45, 7) is 3.01. The maximum Gasteiger partial charge on any atom is 0.331 e. The topological polar surface area (TPSA) is 74.6 Å². The average molecular weight is 194 g/mol. The van der Waals surface area contributed by atoms with Gasteiger partial charge < -0.3 is 10.2 Å². The normalized spacial score (nSPS) is 7.60. The molecule has 0 aromatic rings. The van der Waals surface area contributed by atoms with E-state index in [9.17, 15) is 9.59 Å². The Bertz CT molecular complexity index is 163. The molecule has 0 rings (SSSR count). The third-order valence-electron chi connectivity index (χ3n) is 0.667. The molecule has 0 aliphatic rings. The molecule has 0 spiro atoms. The Morgan fingerprint density at radius 2 is 1.70 bits per heavy atom. The van der Waals surface area contributed by atoms with Crippen LogP contribution in [0.2, 0.25) is 0 Å². The summed E-state index contributed by atoms with van der Waals surface area (Å²) in [6.07, 6.45) is -0.505. The van der Waals surface area contributed by atoms with Crippen molar-refractivity contribution in [3.63, 3.8) is 0 Å². The summed E-state index contributed by atoms with van der Waals surface area (Å²) in [5.41, 5.74) is -0.303.